The molecule has 0 aliphatic carbocycles. The van der Waals surface area contributed by atoms with Gasteiger partial charge in [-0.1, -0.05) is 36.9 Å². The fourth-order valence-electron chi connectivity index (χ4n) is 1.97. The highest BCUT2D eigenvalue weighted by molar-refractivity contribution is 5.65. The van der Waals surface area contributed by atoms with Crippen molar-refractivity contribution in [3.63, 3.8) is 0 Å². The molecule has 4 nitrogen and oxygen atoms in total. The minimum absolute atomic E-state index is 0.0471. The number of benzene rings is 1. The zero-order valence-corrected chi connectivity index (χ0v) is 10.6. The van der Waals surface area contributed by atoms with E-state index in [9.17, 15) is 9.90 Å². The summed E-state index contributed by atoms with van der Waals surface area (Å²) in [4.78, 5) is 10.8. The van der Waals surface area contributed by atoms with Crippen molar-refractivity contribution in [3.05, 3.63) is 42.0 Å². The molecule has 0 aliphatic heterocycles. The van der Waals surface area contributed by atoms with Crippen molar-refractivity contribution in [2.45, 2.75) is 6.54 Å². The van der Waals surface area contributed by atoms with Crippen LogP contribution in [-0.2, 0) is 11.3 Å². The molecule has 0 radical (unpaired) electrons. The summed E-state index contributed by atoms with van der Waals surface area (Å²) in [7, 11) is 1.80. The van der Waals surface area contributed by atoms with Crippen LogP contribution in [0.2, 0.25) is 0 Å². The first-order valence-corrected chi connectivity index (χ1v) is 5.85. The minimum Gasteiger partial charge on any atom is -0.544 e. The molecule has 1 unspecified atom stereocenters. The molecule has 1 aromatic rings. The Morgan fingerprint density at radius 3 is 2.50 bits per heavy atom. The van der Waals surface area contributed by atoms with Crippen molar-refractivity contribution in [1.29, 1.82) is 0 Å². The first kappa shape index (κ1) is 14.4. The molecule has 1 N–H and O–H groups in total. The number of carboxylic acid groups (broad SMARTS) is 1. The Labute approximate surface area is 107 Å². The van der Waals surface area contributed by atoms with Crippen molar-refractivity contribution in [3.8, 4) is 0 Å². The summed E-state index contributed by atoms with van der Waals surface area (Å²) in [6.45, 7) is 4.46. The Bertz CT molecular complexity index is 414. The van der Waals surface area contributed by atoms with E-state index >= 15 is 0 Å². The SMILES string of the molecule is C=Cc1ccc(C[N+](C)(CCO)CC(=O)[O-])cc1. The van der Waals surface area contributed by atoms with Gasteiger partial charge in [0.15, 0.2) is 0 Å². The number of carbonyl (C=O) groups excluding carboxylic acids is 1. The Kier molecular flexibility index (Phi) is 5.07. The molecule has 1 aromatic carbocycles. The number of nitrogens with zero attached hydrogens (tertiary/aromatic N) is 1. The van der Waals surface area contributed by atoms with Crippen LogP contribution in [0.3, 0.4) is 0 Å². The van der Waals surface area contributed by atoms with Crippen molar-refractivity contribution in [2.24, 2.45) is 0 Å². The van der Waals surface area contributed by atoms with Crippen molar-refractivity contribution < 1.29 is 19.5 Å². The van der Waals surface area contributed by atoms with Crippen molar-refractivity contribution >= 4 is 12.0 Å². The largest absolute Gasteiger partial charge is 0.544 e. The van der Waals surface area contributed by atoms with Gasteiger partial charge < -0.3 is 19.5 Å². The lowest BCUT2D eigenvalue weighted by molar-refractivity contribution is -0.917. The third-order valence-corrected chi connectivity index (χ3v) is 2.93. The summed E-state index contributed by atoms with van der Waals surface area (Å²) >= 11 is 0. The number of hydrogen-bond acceptors (Lipinski definition) is 3. The molecule has 4 heteroatoms. The Hall–Kier alpha value is -1.65. The Morgan fingerprint density at radius 2 is 2.06 bits per heavy atom. The van der Waals surface area contributed by atoms with Crippen molar-refractivity contribution in [1.82, 2.24) is 0 Å². The quantitative estimate of drug-likeness (QED) is 0.693. The highest BCUT2D eigenvalue weighted by Gasteiger charge is 2.21. The highest BCUT2D eigenvalue weighted by atomic mass is 16.4. The molecule has 0 saturated carbocycles. The van der Waals surface area contributed by atoms with E-state index in [0.29, 0.717) is 13.1 Å². The lowest BCUT2D eigenvalue weighted by atomic mass is 10.1. The van der Waals surface area contributed by atoms with E-state index in [4.69, 9.17) is 5.11 Å². The number of hydrogen-bond donors (Lipinski definition) is 1. The van der Waals surface area contributed by atoms with Gasteiger partial charge in [-0.2, -0.15) is 0 Å². The first-order chi connectivity index (χ1) is 8.49. The standard InChI is InChI=1S/C14H19NO3/c1-3-12-4-6-13(7-5-12)10-15(2,8-9-16)11-14(17)18/h3-7,16H,1,8-11H2,2H3. The molecule has 0 fully saturated rings. The monoisotopic (exact) mass is 249 g/mol. The summed E-state index contributed by atoms with van der Waals surface area (Å²) in [6, 6.07) is 7.76. The number of aliphatic carboxylic acids is 1. The average Bonchev–Trinajstić information content (AvgIpc) is 2.28. The maximum Gasteiger partial charge on any atom is 0.119 e. The van der Waals surface area contributed by atoms with Gasteiger partial charge in [0.05, 0.1) is 19.6 Å². The summed E-state index contributed by atoms with van der Waals surface area (Å²) < 4.78 is 0.228. The van der Waals surface area contributed by atoms with E-state index in [0.717, 1.165) is 11.1 Å². The van der Waals surface area contributed by atoms with Crippen LogP contribution in [0.15, 0.2) is 30.8 Å². The molecule has 1 atom stereocenters. The summed E-state index contributed by atoms with van der Waals surface area (Å²) in [6.07, 6.45) is 1.76. The van der Waals surface area contributed by atoms with E-state index in [1.54, 1.807) is 13.1 Å². The van der Waals surface area contributed by atoms with Crippen LogP contribution in [0.25, 0.3) is 6.08 Å². The number of carbonyl (C=O) groups is 1. The second kappa shape index (κ2) is 6.33. The van der Waals surface area contributed by atoms with Crippen LogP contribution >= 0.6 is 0 Å². The fraction of sp³-hybridized carbons (Fsp3) is 0.357. The van der Waals surface area contributed by atoms with E-state index in [1.165, 1.54) is 0 Å². The van der Waals surface area contributed by atoms with Gasteiger partial charge in [0.2, 0.25) is 0 Å². The zero-order valence-electron chi connectivity index (χ0n) is 10.6. The molecular formula is C14H19NO3. The van der Waals surface area contributed by atoms with E-state index < -0.39 is 5.97 Å². The van der Waals surface area contributed by atoms with Crippen LogP contribution in [0.5, 0.6) is 0 Å². The van der Waals surface area contributed by atoms with Gasteiger partial charge in [0, 0.05) is 5.56 Å². The third kappa shape index (κ3) is 4.31. The van der Waals surface area contributed by atoms with E-state index in [-0.39, 0.29) is 17.6 Å². The number of quaternary nitrogens is 1. The molecule has 0 heterocycles. The number of aliphatic hydroxyl groups excluding tert-OH is 1. The summed E-state index contributed by atoms with van der Waals surface area (Å²) in [5.41, 5.74) is 2.05. The molecular weight excluding hydrogens is 230 g/mol. The zero-order chi connectivity index (χ0) is 13.6. The number of aliphatic hydroxyl groups is 1. The predicted octanol–water partition coefficient (Wildman–Crippen LogP) is 0.0184. The topological polar surface area (TPSA) is 60.4 Å². The molecule has 0 amide bonds. The van der Waals surface area contributed by atoms with Gasteiger partial charge >= 0.3 is 0 Å². The number of carboxylic acids is 1. The smallest absolute Gasteiger partial charge is 0.119 e. The summed E-state index contributed by atoms with van der Waals surface area (Å²) in [5, 5.41) is 19.8. The second-order valence-electron chi connectivity index (χ2n) is 4.70. The van der Waals surface area contributed by atoms with Gasteiger partial charge in [-0.3, -0.25) is 0 Å². The van der Waals surface area contributed by atoms with Gasteiger partial charge in [0.25, 0.3) is 0 Å². The lowest BCUT2D eigenvalue weighted by Gasteiger charge is -2.34. The van der Waals surface area contributed by atoms with Gasteiger partial charge in [-0.25, -0.2) is 0 Å². The molecule has 0 aliphatic rings. The highest BCUT2D eigenvalue weighted by Crippen LogP contribution is 2.13. The minimum atomic E-state index is -1.10. The molecule has 0 spiro atoms. The second-order valence-corrected chi connectivity index (χ2v) is 4.70. The van der Waals surface area contributed by atoms with Gasteiger partial charge in [0.1, 0.15) is 19.6 Å². The average molecular weight is 249 g/mol. The molecule has 0 aromatic heterocycles. The fourth-order valence-corrected chi connectivity index (χ4v) is 1.97. The molecule has 1 rings (SSSR count). The van der Waals surface area contributed by atoms with Crippen LogP contribution in [0.4, 0.5) is 0 Å². The Morgan fingerprint density at radius 1 is 1.44 bits per heavy atom. The molecule has 98 valence electrons. The number of rotatable bonds is 7. The van der Waals surface area contributed by atoms with Crippen LogP contribution < -0.4 is 5.11 Å². The number of likely N-dealkylation sites (N-methyl/N-ethyl adjacent to an activating group) is 1. The predicted molar refractivity (Wildman–Crippen MR) is 68.2 cm³/mol. The van der Waals surface area contributed by atoms with E-state index in [2.05, 4.69) is 6.58 Å². The molecule has 0 saturated heterocycles. The Balaban J connectivity index is 2.81. The van der Waals surface area contributed by atoms with Crippen molar-refractivity contribution in [2.75, 3.05) is 26.7 Å². The van der Waals surface area contributed by atoms with Gasteiger partial charge in [-0.15, -0.1) is 0 Å². The molecule has 18 heavy (non-hydrogen) atoms. The normalized spacial score (nSPS) is 13.9. The van der Waals surface area contributed by atoms with Crippen LogP contribution in [0.1, 0.15) is 11.1 Å². The van der Waals surface area contributed by atoms with Crippen LogP contribution in [0, 0.1) is 0 Å². The van der Waals surface area contributed by atoms with Gasteiger partial charge in [-0.05, 0) is 5.56 Å². The van der Waals surface area contributed by atoms with E-state index in [1.807, 2.05) is 24.3 Å². The maximum absolute atomic E-state index is 10.8. The third-order valence-electron chi connectivity index (χ3n) is 2.93. The maximum atomic E-state index is 10.8. The first-order valence-electron chi connectivity index (χ1n) is 5.85. The lowest BCUT2D eigenvalue weighted by Crippen LogP contribution is -2.52. The van der Waals surface area contributed by atoms with Crippen LogP contribution in [-0.4, -0.2) is 42.3 Å². The summed E-state index contributed by atoms with van der Waals surface area (Å²) in [5.74, 6) is -1.10. The molecule has 0 bridgehead atoms.